The summed E-state index contributed by atoms with van der Waals surface area (Å²) in [5, 5.41) is 19.9. The topological polar surface area (TPSA) is 13.1 Å². The van der Waals surface area contributed by atoms with Gasteiger partial charge in [-0.15, -0.1) is 0 Å². The number of hydrogen-bond donors (Lipinski definition) is 0. The van der Waals surface area contributed by atoms with Crippen LogP contribution in [0.1, 0.15) is 0 Å². The van der Waals surface area contributed by atoms with E-state index < -0.39 is 0 Å². The molecular formula is C62H36O. The Morgan fingerprint density at radius 2 is 0.730 bits per heavy atom. The van der Waals surface area contributed by atoms with Gasteiger partial charge in [-0.05, 0) is 139 Å². The predicted octanol–water partition coefficient (Wildman–Crippen LogP) is 17.8. The molecule has 0 aliphatic carbocycles. The Kier molecular flexibility index (Phi) is 7.17. The molecule has 14 aromatic rings. The van der Waals surface area contributed by atoms with Crippen LogP contribution in [0.2, 0.25) is 0 Å². The van der Waals surface area contributed by atoms with Gasteiger partial charge < -0.3 is 4.42 Å². The molecule has 0 radical (unpaired) electrons. The number of benzene rings is 13. The maximum Gasteiger partial charge on any atom is 0.143 e. The number of fused-ring (bicyclic) bond motifs is 9. The Labute approximate surface area is 363 Å². The van der Waals surface area contributed by atoms with Crippen molar-refractivity contribution in [3.05, 3.63) is 218 Å². The minimum absolute atomic E-state index is 0.897. The molecule has 0 aliphatic rings. The van der Waals surface area contributed by atoms with Crippen molar-refractivity contribution in [1.29, 1.82) is 0 Å². The Morgan fingerprint density at radius 1 is 0.222 bits per heavy atom. The maximum absolute atomic E-state index is 7.07. The van der Waals surface area contributed by atoms with Crippen molar-refractivity contribution in [1.82, 2.24) is 0 Å². The lowest BCUT2D eigenvalue weighted by Crippen LogP contribution is -1.90. The molecule has 0 saturated carbocycles. The summed E-state index contributed by atoms with van der Waals surface area (Å²) in [6.45, 7) is 0. The van der Waals surface area contributed by atoms with Crippen LogP contribution in [0, 0.1) is 0 Å². The average molecular weight is 797 g/mol. The van der Waals surface area contributed by atoms with Gasteiger partial charge in [0.25, 0.3) is 0 Å². The van der Waals surface area contributed by atoms with E-state index in [1.54, 1.807) is 0 Å². The minimum Gasteiger partial charge on any atom is -0.455 e. The predicted molar refractivity (Wildman–Crippen MR) is 269 cm³/mol. The van der Waals surface area contributed by atoms with Gasteiger partial charge in [-0.3, -0.25) is 0 Å². The molecule has 0 unspecified atom stereocenters. The molecule has 1 heterocycles. The van der Waals surface area contributed by atoms with E-state index in [2.05, 4.69) is 218 Å². The van der Waals surface area contributed by atoms with Crippen molar-refractivity contribution in [2.45, 2.75) is 0 Å². The van der Waals surface area contributed by atoms with E-state index in [1.165, 1.54) is 103 Å². The van der Waals surface area contributed by atoms with Crippen molar-refractivity contribution in [3.63, 3.8) is 0 Å². The first kappa shape index (κ1) is 34.5. The van der Waals surface area contributed by atoms with Crippen molar-refractivity contribution < 1.29 is 4.42 Å². The Morgan fingerprint density at radius 3 is 1.44 bits per heavy atom. The van der Waals surface area contributed by atoms with Gasteiger partial charge in [0.05, 0.1) is 0 Å². The summed E-state index contributed by atoms with van der Waals surface area (Å²) in [7, 11) is 0. The first-order valence-corrected chi connectivity index (χ1v) is 21.8. The Hall–Kier alpha value is -8.26. The van der Waals surface area contributed by atoms with Gasteiger partial charge in [-0.2, -0.15) is 0 Å². The largest absolute Gasteiger partial charge is 0.455 e. The summed E-state index contributed by atoms with van der Waals surface area (Å²) in [5.74, 6) is 0. The zero-order chi connectivity index (χ0) is 41.2. The molecule has 0 bridgehead atoms. The van der Waals surface area contributed by atoms with Gasteiger partial charge in [0.15, 0.2) is 0 Å². The highest BCUT2D eigenvalue weighted by Gasteiger charge is 2.21. The molecule has 13 aromatic carbocycles. The number of rotatable bonds is 4. The maximum atomic E-state index is 7.07. The van der Waals surface area contributed by atoms with Gasteiger partial charge in [-0.1, -0.05) is 194 Å². The molecular weight excluding hydrogens is 761 g/mol. The van der Waals surface area contributed by atoms with E-state index in [0.29, 0.717) is 0 Å². The van der Waals surface area contributed by atoms with Gasteiger partial charge in [0.1, 0.15) is 11.2 Å². The van der Waals surface area contributed by atoms with E-state index >= 15 is 0 Å². The van der Waals surface area contributed by atoms with Crippen LogP contribution in [0.5, 0.6) is 0 Å². The fourth-order valence-electron chi connectivity index (χ4n) is 10.9. The summed E-state index contributed by atoms with van der Waals surface area (Å²) < 4.78 is 7.07. The number of furan rings is 1. The van der Waals surface area contributed by atoms with Crippen LogP contribution in [0.4, 0.5) is 0 Å². The standard InChI is InChI=1S/C62H36O/c1-2-10-37(11-3-1)46-28-24-41-27-31-53-47(29-25-42-26-30-52(46)59(41)60(42)53)39-18-20-40(21-19-39)49-32-33-54(62-61(49)56-34-43-13-4-5-14-44(43)36-57(56)63-62)55-35-45-23-22-38-12-6-7-15-48(38)58(45)51-17-9-8-16-50(51)55/h1-36H. The molecule has 0 fully saturated rings. The molecule has 0 atom stereocenters. The zero-order valence-electron chi connectivity index (χ0n) is 34.2. The minimum atomic E-state index is 0.897. The number of hydrogen-bond acceptors (Lipinski definition) is 1. The summed E-state index contributed by atoms with van der Waals surface area (Å²) in [6.07, 6.45) is 0. The van der Waals surface area contributed by atoms with Gasteiger partial charge in [-0.25, -0.2) is 0 Å². The second kappa shape index (κ2) is 13.1. The second-order valence-electron chi connectivity index (χ2n) is 17.1. The van der Waals surface area contributed by atoms with Crippen LogP contribution < -0.4 is 0 Å². The quantitative estimate of drug-likeness (QED) is 0.162. The molecule has 0 amide bonds. The lowest BCUT2D eigenvalue weighted by atomic mass is 9.87. The summed E-state index contributed by atoms with van der Waals surface area (Å²) in [6, 6.07) is 80.5. The summed E-state index contributed by atoms with van der Waals surface area (Å²) in [4.78, 5) is 0. The fourth-order valence-corrected chi connectivity index (χ4v) is 10.9. The summed E-state index contributed by atoms with van der Waals surface area (Å²) in [5.41, 5.74) is 11.4. The van der Waals surface area contributed by atoms with Crippen LogP contribution >= 0.6 is 0 Å². The molecule has 0 aliphatic heterocycles. The fraction of sp³-hybridized carbons (Fsp3) is 0. The lowest BCUT2D eigenvalue weighted by Gasteiger charge is -2.17. The molecule has 1 heteroatoms. The zero-order valence-corrected chi connectivity index (χ0v) is 34.2. The van der Waals surface area contributed by atoms with Crippen LogP contribution in [0.25, 0.3) is 142 Å². The first-order valence-electron chi connectivity index (χ1n) is 21.8. The lowest BCUT2D eigenvalue weighted by molar-refractivity contribution is 0.670. The molecule has 0 spiro atoms. The first-order chi connectivity index (χ1) is 31.2. The van der Waals surface area contributed by atoms with Crippen molar-refractivity contribution in [2.75, 3.05) is 0 Å². The van der Waals surface area contributed by atoms with E-state index in [-0.39, 0.29) is 0 Å². The SMILES string of the molecule is c1ccc(-c2ccc3ccc4c(-c5ccc(-c6ccc(-c7cc8ccc9ccccc9c8c8ccccc78)c7oc8cc9ccccc9cc8c67)cc5)ccc5ccc2c3c54)cc1. The van der Waals surface area contributed by atoms with Gasteiger partial charge in [0, 0.05) is 16.3 Å². The van der Waals surface area contributed by atoms with E-state index in [0.717, 1.165) is 38.6 Å². The molecule has 1 nitrogen and oxygen atoms in total. The highest BCUT2D eigenvalue weighted by molar-refractivity contribution is 6.28. The van der Waals surface area contributed by atoms with Crippen molar-refractivity contribution in [3.8, 4) is 44.5 Å². The highest BCUT2D eigenvalue weighted by atomic mass is 16.3. The highest BCUT2D eigenvalue weighted by Crippen LogP contribution is 2.47. The van der Waals surface area contributed by atoms with Gasteiger partial charge in [0.2, 0.25) is 0 Å². The molecule has 0 saturated heterocycles. The summed E-state index contributed by atoms with van der Waals surface area (Å²) >= 11 is 0. The van der Waals surface area contributed by atoms with E-state index in [4.69, 9.17) is 4.42 Å². The van der Waals surface area contributed by atoms with Crippen LogP contribution in [-0.4, -0.2) is 0 Å². The van der Waals surface area contributed by atoms with Gasteiger partial charge >= 0.3 is 0 Å². The Bertz CT molecular complexity index is 4170. The van der Waals surface area contributed by atoms with E-state index in [9.17, 15) is 0 Å². The second-order valence-corrected chi connectivity index (χ2v) is 17.1. The third kappa shape index (κ3) is 5.05. The third-order valence-corrected chi connectivity index (χ3v) is 13.8. The molecule has 0 N–H and O–H groups in total. The van der Waals surface area contributed by atoms with Crippen LogP contribution in [0.15, 0.2) is 223 Å². The Balaban J connectivity index is 0.964. The average Bonchev–Trinajstić information content (AvgIpc) is 3.72. The smallest absolute Gasteiger partial charge is 0.143 e. The third-order valence-electron chi connectivity index (χ3n) is 13.8. The van der Waals surface area contributed by atoms with E-state index in [1.807, 2.05) is 0 Å². The van der Waals surface area contributed by atoms with Crippen molar-refractivity contribution in [2.24, 2.45) is 0 Å². The molecule has 63 heavy (non-hydrogen) atoms. The molecule has 14 rings (SSSR count). The van der Waals surface area contributed by atoms with Crippen LogP contribution in [-0.2, 0) is 0 Å². The molecule has 290 valence electrons. The molecule has 1 aromatic heterocycles. The van der Waals surface area contributed by atoms with Crippen molar-refractivity contribution >= 4 is 97.3 Å². The normalized spacial score (nSPS) is 12.1. The van der Waals surface area contributed by atoms with Crippen LogP contribution in [0.3, 0.4) is 0 Å². The monoisotopic (exact) mass is 796 g/mol.